The van der Waals surface area contributed by atoms with Gasteiger partial charge in [-0.15, -0.1) is 0 Å². The van der Waals surface area contributed by atoms with Crippen molar-refractivity contribution in [2.24, 2.45) is 7.05 Å². The van der Waals surface area contributed by atoms with E-state index in [-0.39, 0.29) is 0 Å². The Balaban J connectivity index is 2.37. The van der Waals surface area contributed by atoms with Gasteiger partial charge in [0.1, 0.15) is 5.82 Å². The first kappa shape index (κ1) is 14.8. The first-order chi connectivity index (χ1) is 8.70. The first-order valence-corrected chi connectivity index (χ1v) is 6.86. The van der Waals surface area contributed by atoms with Gasteiger partial charge in [-0.1, -0.05) is 26.2 Å². The molecule has 0 aliphatic carbocycles. The summed E-state index contributed by atoms with van der Waals surface area (Å²) in [6.07, 6.45) is 6.19. The predicted molar refractivity (Wildman–Crippen MR) is 75.7 cm³/mol. The minimum absolute atomic E-state index is 0.294. The van der Waals surface area contributed by atoms with Crippen LogP contribution >= 0.6 is 0 Å². The van der Waals surface area contributed by atoms with Gasteiger partial charge in [0.05, 0.1) is 11.4 Å². The molecule has 0 bridgehead atoms. The highest BCUT2D eigenvalue weighted by molar-refractivity contribution is 5.64. The number of aliphatic hydroxyl groups excluding tert-OH is 1. The number of hydrogen-bond donors (Lipinski definition) is 3. The van der Waals surface area contributed by atoms with Gasteiger partial charge in [0.15, 0.2) is 0 Å². The van der Waals surface area contributed by atoms with E-state index in [4.69, 9.17) is 10.8 Å². The fraction of sp³-hybridized carbons (Fsp3) is 0.769. The van der Waals surface area contributed by atoms with Crippen LogP contribution in [-0.2, 0) is 13.5 Å². The molecule has 0 spiro atoms. The van der Waals surface area contributed by atoms with Crippen LogP contribution in [0.3, 0.4) is 0 Å². The van der Waals surface area contributed by atoms with Crippen LogP contribution in [0.4, 0.5) is 11.5 Å². The zero-order valence-electron chi connectivity index (χ0n) is 11.6. The summed E-state index contributed by atoms with van der Waals surface area (Å²) >= 11 is 0. The smallest absolute Gasteiger partial charge is 0.147 e. The maximum absolute atomic E-state index is 8.68. The average Bonchev–Trinajstić information content (AvgIpc) is 2.61. The van der Waals surface area contributed by atoms with Crippen LogP contribution < -0.4 is 11.1 Å². The molecule has 1 aromatic rings. The van der Waals surface area contributed by atoms with E-state index in [1.807, 2.05) is 11.7 Å². The van der Waals surface area contributed by atoms with E-state index in [0.29, 0.717) is 6.61 Å². The van der Waals surface area contributed by atoms with E-state index in [0.717, 1.165) is 62.3 Å². The molecule has 0 saturated carbocycles. The van der Waals surface area contributed by atoms with Gasteiger partial charge < -0.3 is 16.2 Å². The van der Waals surface area contributed by atoms with E-state index in [1.165, 1.54) is 0 Å². The molecular weight excluding hydrogens is 228 g/mol. The van der Waals surface area contributed by atoms with Gasteiger partial charge in [-0.05, 0) is 19.3 Å². The third-order valence-electron chi connectivity index (χ3n) is 3.02. The molecule has 1 aromatic heterocycles. The number of aryl methyl sites for hydroxylation is 2. The molecule has 104 valence electrons. The second kappa shape index (κ2) is 7.97. The standard InChI is InChI=1S/C13H26N4O/c1-3-8-11-12(14)13(17(2)16-11)15-9-6-4-5-7-10-18/h15,18H,3-10,14H2,1-2H3. The molecule has 0 fully saturated rings. The summed E-state index contributed by atoms with van der Waals surface area (Å²) in [6.45, 7) is 3.32. The quantitative estimate of drug-likeness (QED) is 0.588. The monoisotopic (exact) mass is 254 g/mol. The SMILES string of the molecule is CCCc1nn(C)c(NCCCCCCO)c1N. The van der Waals surface area contributed by atoms with Gasteiger partial charge in [-0.25, -0.2) is 0 Å². The van der Waals surface area contributed by atoms with E-state index >= 15 is 0 Å². The fourth-order valence-corrected chi connectivity index (χ4v) is 2.02. The number of nitrogens with zero attached hydrogens (tertiary/aromatic N) is 2. The molecule has 1 rings (SSSR count). The van der Waals surface area contributed by atoms with Gasteiger partial charge in [0.25, 0.3) is 0 Å². The molecule has 0 radical (unpaired) electrons. The molecule has 18 heavy (non-hydrogen) atoms. The van der Waals surface area contributed by atoms with E-state index in [9.17, 15) is 0 Å². The van der Waals surface area contributed by atoms with Gasteiger partial charge in [-0.2, -0.15) is 5.10 Å². The largest absolute Gasteiger partial charge is 0.396 e. The molecule has 0 aliphatic heterocycles. The van der Waals surface area contributed by atoms with E-state index in [1.54, 1.807) is 0 Å². The fourth-order valence-electron chi connectivity index (χ4n) is 2.02. The average molecular weight is 254 g/mol. The number of aliphatic hydroxyl groups is 1. The lowest BCUT2D eigenvalue weighted by atomic mass is 10.2. The van der Waals surface area contributed by atoms with Crippen molar-refractivity contribution in [3.8, 4) is 0 Å². The van der Waals surface area contributed by atoms with Crippen LogP contribution in [0, 0.1) is 0 Å². The van der Waals surface area contributed by atoms with Gasteiger partial charge >= 0.3 is 0 Å². The summed E-state index contributed by atoms with van der Waals surface area (Å²) in [6, 6.07) is 0. The minimum atomic E-state index is 0.294. The summed E-state index contributed by atoms with van der Waals surface area (Å²) in [4.78, 5) is 0. The molecular formula is C13H26N4O. The van der Waals surface area contributed by atoms with Crippen LogP contribution in [0.25, 0.3) is 0 Å². The first-order valence-electron chi connectivity index (χ1n) is 6.86. The van der Waals surface area contributed by atoms with Crippen molar-refractivity contribution in [1.29, 1.82) is 0 Å². The van der Waals surface area contributed by atoms with Crippen LogP contribution in [-0.4, -0.2) is 28.0 Å². The number of aromatic nitrogens is 2. The Labute approximate surface area is 109 Å². The van der Waals surface area contributed by atoms with Crippen molar-refractivity contribution in [2.75, 3.05) is 24.2 Å². The highest BCUT2D eigenvalue weighted by Crippen LogP contribution is 2.22. The maximum Gasteiger partial charge on any atom is 0.147 e. The third kappa shape index (κ3) is 4.22. The Kier molecular flexibility index (Phi) is 6.57. The number of nitrogens with two attached hydrogens (primary N) is 1. The molecule has 0 aliphatic rings. The molecule has 0 atom stereocenters. The molecule has 5 nitrogen and oxygen atoms in total. The van der Waals surface area contributed by atoms with Crippen LogP contribution in [0.15, 0.2) is 0 Å². The third-order valence-corrected chi connectivity index (χ3v) is 3.02. The molecule has 0 amide bonds. The predicted octanol–water partition coefficient (Wildman–Crippen LogP) is 1.92. The van der Waals surface area contributed by atoms with Gasteiger partial charge in [0.2, 0.25) is 0 Å². The number of nitrogens with one attached hydrogen (secondary N) is 1. The minimum Gasteiger partial charge on any atom is -0.396 e. The van der Waals surface area contributed by atoms with E-state index in [2.05, 4.69) is 17.3 Å². The van der Waals surface area contributed by atoms with Crippen LogP contribution in [0.2, 0.25) is 0 Å². The van der Waals surface area contributed by atoms with E-state index < -0.39 is 0 Å². The lowest BCUT2D eigenvalue weighted by Gasteiger charge is -2.07. The van der Waals surface area contributed by atoms with Crippen molar-refractivity contribution >= 4 is 11.5 Å². The van der Waals surface area contributed by atoms with Gasteiger partial charge in [0, 0.05) is 20.2 Å². The molecule has 0 aromatic carbocycles. The normalized spacial score (nSPS) is 10.8. The second-order valence-electron chi connectivity index (χ2n) is 4.65. The molecule has 4 N–H and O–H groups in total. The molecule has 0 saturated heterocycles. The molecule has 1 heterocycles. The van der Waals surface area contributed by atoms with Crippen molar-refractivity contribution in [3.63, 3.8) is 0 Å². The number of anilines is 2. The van der Waals surface area contributed by atoms with Crippen molar-refractivity contribution in [1.82, 2.24) is 9.78 Å². The zero-order chi connectivity index (χ0) is 13.4. The van der Waals surface area contributed by atoms with Gasteiger partial charge in [-0.3, -0.25) is 4.68 Å². The summed E-state index contributed by atoms with van der Waals surface area (Å²) < 4.78 is 1.83. The Morgan fingerprint density at radius 3 is 2.67 bits per heavy atom. The Morgan fingerprint density at radius 2 is 2.00 bits per heavy atom. The highest BCUT2D eigenvalue weighted by atomic mass is 16.2. The summed E-state index contributed by atoms with van der Waals surface area (Å²) in [5.74, 6) is 0.931. The Morgan fingerprint density at radius 1 is 1.28 bits per heavy atom. The van der Waals surface area contributed by atoms with Crippen LogP contribution in [0.5, 0.6) is 0 Å². The number of hydrogen-bond acceptors (Lipinski definition) is 4. The Bertz CT molecular complexity index is 349. The molecule has 0 unspecified atom stereocenters. The van der Waals surface area contributed by atoms with Crippen LogP contribution in [0.1, 0.15) is 44.7 Å². The Hall–Kier alpha value is -1.23. The summed E-state index contributed by atoms with van der Waals surface area (Å²) in [5, 5.41) is 16.5. The number of nitrogen functional groups attached to an aromatic ring is 1. The molecule has 5 heteroatoms. The maximum atomic E-state index is 8.68. The second-order valence-corrected chi connectivity index (χ2v) is 4.65. The lowest BCUT2D eigenvalue weighted by molar-refractivity contribution is 0.283. The highest BCUT2D eigenvalue weighted by Gasteiger charge is 2.11. The van der Waals surface area contributed by atoms with Crippen molar-refractivity contribution in [2.45, 2.75) is 45.4 Å². The number of unbranched alkanes of at least 4 members (excludes halogenated alkanes) is 3. The lowest BCUT2D eigenvalue weighted by Crippen LogP contribution is -2.08. The number of rotatable bonds is 9. The van der Waals surface area contributed by atoms with Crippen molar-refractivity contribution in [3.05, 3.63) is 5.69 Å². The zero-order valence-corrected chi connectivity index (χ0v) is 11.6. The van der Waals surface area contributed by atoms with Crippen molar-refractivity contribution < 1.29 is 5.11 Å². The summed E-state index contributed by atoms with van der Waals surface area (Å²) in [7, 11) is 1.92. The topological polar surface area (TPSA) is 76.1 Å². The summed E-state index contributed by atoms with van der Waals surface area (Å²) in [5.41, 5.74) is 7.85.